The van der Waals surface area contributed by atoms with E-state index in [4.69, 9.17) is 4.74 Å². The van der Waals surface area contributed by atoms with E-state index in [2.05, 4.69) is 34.1 Å². The van der Waals surface area contributed by atoms with E-state index in [9.17, 15) is 15.2 Å². The number of piperidine rings is 1. The maximum Gasteiger partial charge on any atom is 0.271 e. The van der Waals surface area contributed by atoms with Gasteiger partial charge in [0.15, 0.2) is 0 Å². The molecule has 0 saturated carbocycles. The van der Waals surface area contributed by atoms with Crippen LogP contribution in [0.2, 0.25) is 0 Å². The van der Waals surface area contributed by atoms with Gasteiger partial charge in [0, 0.05) is 54.6 Å². The lowest BCUT2D eigenvalue weighted by Gasteiger charge is -2.56. The van der Waals surface area contributed by atoms with E-state index in [0.29, 0.717) is 19.4 Å². The van der Waals surface area contributed by atoms with Crippen LogP contribution in [-0.4, -0.2) is 45.7 Å². The number of rotatable bonds is 5. The minimum atomic E-state index is -1.02. The number of aliphatic hydroxyl groups is 1. The zero-order chi connectivity index (χ0) is 24.9. The quantitative estimate of drug-likeness (QED) is 0.316. The molecule has 1 aromatic heterocycles. The number of nitro benzene ring substituents is 1. The number of aromatic amines is 1. The minimum Gasteiger partial charge on any atom is -0.497 e. The molecule has 2 N–H and O–H groups in total. The molecule has 2 unspecified atom stereocenters. The van der Waals surface area contributed by atoms with Crippen LogP contribution in [0, 0.1) is 10.1 Å². The molecule has 0 radical (unpaired) electrons. The number of aromatic nitrogens is 1. The van der Waals surface area contributed by atoms with Crippen LogP contribution in [0.4, 0.5) is 5.69 Å². The van der Waals surface area contributed by atoms with Crippen LogP contribution in [0.5, 0.6) is 5.75 Å². The Morgan fingerprint density at radius 3 is 2.69 bits per heavy atom. The highest BCUT2D eigenvalue weighted by molar-refractivity contribution is 5.87. The summed E-state index contributed by atoms with van der Waals surface area (Å²) in [6.45, 7) is 2.18. The van der Waals surface area contributed by atoms with Crippen molar-refractivity contribution in [1.82, 2.24) is 9.88 Å². The average Bonchev–Trinajstić information content (AvgIpc) is 3.23. The van der Waals surface area contributed by atoms with Gasteiger partial charge in [-0.3, -0.25) is 15.0 Å². The number of non-ortho nitro benzene ring substituents is 1. The minimum absolute atomic E-state index is 0.0637. The highest BCUT2D eigenvalue weighted by Crippen LogP contribution is 2.52. The monoisotopic (exact) mass is 483 g/mol. The zero-order valence-corrected chi connectivity index (χ0v) is 20.2. The Morgan fingerprint density at radius 2 is 1.92 bits per heavy atom. The molecule has 1 aliphatic heterocycles. The van der Waals surface area contributed by atoms with Crippen LogP contribution >= 0.6 is 0 Å². The molecule has 6 rings (SSSR count). The lowest BCUT2D eigenvalue weighted by Crippen LogP contribution is -2.66. The fourth-order valence-electron chi connectivity index (χ4n) is 6.43. The third kappa shape index (κ3) is 3.58. The summed E-state index contributed by atoms with van der Waals surface area (Å²) >= 11 is 0. The molecule has 0 spiro atoms. The number of nitrogens with zero attached hydrogens (tertiary/aromatic N) is 2. The third-order valence-corrected chi connectivity index (χ3v) is 8.24. The van der Waals surface area contributed by atoms with E-state index < -0.39 is 11.0 Å². The van der Waals surface area contributed by atoms with Crippen molar-refractivity contribution in [2.24, 2.45) is 0 Å². The first-order valence-electron chi connectivity index (χ1n) is 12.3. The van der Waals surface area contributed by atoms with Crippen molar-refractivity contribution in [2.75, 3.05) is 20.2 Å². The molecule has 1 fully saturated rings. The topological polar surface area (TPSA) is 91.6 Å². The summed E-state index contributed by atoms with van der Waals surface area (Å²) in [6, 6.07) is 23.4. The van der Waals surface area contributed by atoms with Crippen molar-refractivity contribution in [3.8, 4) is 5.75 Å². The SMILES string of the molecule is COc1cccc(C23CCN(Cc4ccccc4)CC2(O)Cc2c([nH]c4cc([N+](=O)[O-])ccc24)C3)c1. The van der Waals surface area contributed by atoms with Crippen LogP contribution in [0.25, 0.3) is 10.9 Å². The molecule has 184 valence electrons. The van der Waals surface area contributed by atoms with Gasteiger partial charge < -0.3 is 14.8 Å². The number of methoxy groups -OCH3 is 1. The number of H-pyrrole nitrogens is 1. The van der Waals surface area contributed by atoms with Crippen molar-refractivity contribution in [1.29, 1.82) is 0 Å². The molecule has 36 heavy (non-hydrogen) atoms. The number of likely N-dealkylation sites (tertiary alicyclic amines) is 1. The average molecular weight is 484 g/mol. The molecular weight excluding hydrogens is 454 g/mol. The number of nitro groups is 1. The van der Waals surface area contributed by atoms with Crippen LogP contribution in [0.15, 0.2) is 72.8 Å². The molecule has 2 heterocycles. The van der Waals surface area contributed by atoms with Gasteiger partial charge in [-0.1, -0.05) is 42.5 Å². The number of benzene rings is 3. The number of nitrogens with one attached hydrogen (secondary N) is 1. The van der Waals surface area contributed by atoms with E-state index >= 15 is 0 Å². The summed E-state index contributed by atoms with van der Waals surface area (Å²) in [5.41, 5.74) is 3.69. The van der Waals surface area contributed by atoms with Gasteiger partial charge in [0.25, 0.3) is 5.69 Å². The number of ether oxygens (including phenoxy) is 1. The Hall–Kier alpha value is -3.68. The molecule has 2 atom stereocenters. The summed E-state index contributed by atoms with van der Waals surface area (Å²) in [4.78, 5) is 16.8. The Kier molecular flexibility index (Phi) is 5.35. The number of fused-ring (bicyclic) bond motifs is 4. The van der Waals surface area contributed by atoms with Gasteiger partial charge in [0.05, 0.1) is 23.2 Å². The fourth-order valence-corrected chi connectivity index (χ4v) is 6.43. The molecule has 7 nitrogen and oxygen atoms in total. The summed E-state index contributed by atoms with van der Waals surface area (Å²) in [5, 5.41) is 24.9. The number of hydrogen-bond donors (Lipinski definition) is 2. The highest BCUT2D eigenvalue weighted by Gasteiger charge is 2.57. The standard InChI is InChI=1S/C29H29N3O4/c1-36-23-9-5-8-21(14-23)28-12-13-31(18-20-6-3-2-4-7-20)19-29(28,33)16-25-24-11-10-22(32(34)35)15-26(24)30-27(25)17-28/h2-11,14-15,30,33H,12-13,16-19H2,1H3. The summed E-state index contributed by atoms with van der Waals surface area (Å²) < 4.78 is 5.54. The number of β-amino-alcohol motifs (C(OH)–C–C–N with tert-alkyl or cyclic N) is 1. The van der Waals surface area contributed by atoms with E-state index in [-0.39, 0.29) is 10.6 Å². The van der Waals surface area contributed by atoms with E-state index in [1.165, 1.54) is 5.56 Å². The summed E-state index contributed by atoms with van der Waals surface area (Å²) in [5.74, 6) is 0.772. The van der Waals surface area contributed by atoms with Gasteiger partial charge >= 0.3 is 0 Å². The Morgan fingerprint density at radius 1 is 1.08 bits per heavy atom. The molecule has 4 aromatic rings. The van der Waals surface area contributed by atoms with E-state index in [1.807, 2.05) is 36.4 Å². The van der Waals surface area contributed by atoms with Gasteiger partial charge in [-0.15, -0.1) is 0 Å². The zero-order valence-electron chi connectivity index (χ0n) is 20.2. The third-order valence-electron chi connectivity index (χ3n) is 8.24. The van der Waals surface area contributed by atoms with Crippen molar-refractivity contribution in [3.63, 3.8) is 0 Å². The molecule has 0 amide bonds. The second kappa shape index (κ2) is 8.47. The fraction of sp³-hybridized carbons (Fsp3) is 0.310. The van der Waals surface area contributed by atoms with Gasteiger partial charge in [0.2, 0.25) is 0 Å². The Balaban J connectivity index is 1.45. The Bertz CT molecular complexity index is 1450. The lowest BCUT2D eigenvalue weighted by molar-refractivity contribution is -0.384. The van der Waals surface area contributed by atoms with Crippen LogP contribution in [0.3, 0.4) is 0 Å². The maximum absolute atomic E-state index is 12.6. The second-order valence-electron chi connectivity index (χ2n) is 10.2. The van der Waals surface area contributed by atoms with Crippen molar-refractivity contribution < 1.29 is 14.8 Å². The summed E-state index contributed by atoms with van der Waals surface area (Å²) in [7, 11) is 1.66. The first-order valence-corrected chi connectivity index (χ1v) is 12.3. The number of hydrogen-bond acceptors (Lipinski definition) is 5. The van der Waals surface area contributed by atoms with Gasteiger partial charge in [-0.25, -0.2) is 0 Å². The molecule has 3 aromatic carbocycles. The highest BCUT2D eigenvalue weighted by atomic mass is 16.6. The molecule has 2 aliphatic rings. The molecule has 1 saturated heterocycles. The lowest BCUT2D eigenvalue weighted by atomic mass is 9.56. The van der Waals surface area contributed by atoms with Crippen molar-refractivity contribution >= 4 is 16.6 Å². The predicted molar refractivity (Wildman–Crippen MR) is 138 cm³/mol. The molecular formula is C29H29N3O4. The van der Waals surface area contributed by atoms with Gasteiger partial charge in [-0.2, -0.15) is 0 Å². The first-order chi connectivity index (χ1) is 17.4. The van der Waals surface area contributed by atoms with Gasteiger partial charge in [-0.05, 0) is 47.9 Å². The van der Waals surface area contributed by atoms with Crippen molar-refractivity contribution in [3.05, 3.63) is 105 Å². The largest absolute Gasteiger partial charge is 0.497 e. The smallest absolute Gasteiger partial charge is 0.271 e. The maximum atomic E-state index is 12.6. The van der Waals surface area contributed by atoms with Crippen molar-refractivity contribution in [2.45, 2.75) is 36.8 Å². The predicted octanol–water partition coefficient (Wildman–Crippen LogP) is 4.76. The summed E-state index contributed by atoms with van der Waals surface area (Å²) in [6.07, 6.45) is 1.90. The molecule has 0 bridgehead atoms. The second-order valence-corrected chi connectivity index (χ2v) is 10.2. The van der Waals surface area contributed by atoms with Crippen LogP contribution in [-0.2, 0) is 24.8 Å². The normalized spacial score (nSPS) is 23.7. The van der Waals surface area contributed by atoms with E-state index in [1.54, 1.807) is 19.2 Å². The van der Waals surface area contributed by atoms with Crippen LogP contribution < -0.4 is 4.74 Å². The van der Waals surface area contributed by atoms with Gasteiger partial charge in [0.1, 0.15) is 5.75 Å². The Labute approximate surface area is 209 Å². The molecule has 7 heteroatoms. The molecule has 1 aliphatic carbocycles. The van der Waals surface area contributed by atoms with Crippen LogP contribution in [0.1, 0.15) is 28.8 Å². The first kappa shape index (κ1) is 22.8. The van der Waals surface area contributed by atoms with E-state index in [0.717, 1.165) is 53.0 Å².